The molecule has 0 amide bonds. The predicted molar refractivity (Wildman–Crippen MR) is 104 cm³/mol. The molecule has 1 aromatic carbocycles. The Hall–Kier alpha value is -2.73. The molecule has 3 aromatic rings. The number of aliphatic imine (C=N–C) groups is 1. The lowest BCUT2D eigenvalue weighted by Crippen LogP contribution is -2.11. The van der Waals surface area contributed by atoms with E-state index in [0.29, 0.717) is 17.2 Å². The molecule has 1 atom stereocenters. The molecule has 0 saturated carbocycles. The molecule has 0 aliphatic carbocycles. The zero-order valence-electron chi connectivity index (χ0n) is 14.7. The Kier molecular flexibility index (Phi) is 4.42. The van der Waals surface area contributed by atoms with Gasteiger partial charge in [-0.05, 0) is 42.8 Å². The van der Waals surface area contributed by atoms with Crippen molar-refractivity contribution < 1.29 is 8.95 Å². The van der Waals surface area contributed by atoms with E-state index in [0.717, 1.165) is 33.9 Å². The molecule has 1 unspecified atom stereocenters. The highest BCUT2D eigenvalue weighted by atomic mass is 32.2. The lowest BCUT2D eigenvalue weighted by atomic mass is 10.1. The van der Waals surface area contributed by atoms with E-state index >= 15 is 0 Å². The second-order valence-electron chi connectivity index (χ2n) is 6.16. The van der Waals surface area contributed by atoms with E-state index in [1.54, 1.807) is 13.3 Å². The molecule has 4 rings (SSSR count). The normalized spacial score (nSPS) is 14.0. The molecule has 0 radical (unpaired) electrons. The van der Waals surface area contributed by atoms with Gasteiger partial charge < -0.3 is 9.30 Å². The molecule has 3 heterocycles. The van der Waals surface area contributed by atoms with E-state index in [4.69, 9.17) is 4.74 Å². The number of hydrogen-bond acceptors (Lipinski definition) is 4. The van der Waals surface area contributed by atoms with Gasteiger partial charge in [-0.3, -0.25) is 9.19 Å². The Morgan fingerprint density at radius 1 is 1.23 bits per heavy atom. The maximum absolute atomic E-state index is 12.8. The van der Waals surface area contributed by atoms with Gasteiger partial charge in [0.25, 0.3) is 0 Å². The zero-order valence-corrected chi connectivity index (χ0v) is 15.5. The van der Waals surface area contributed by atoms with Gasteiger partial charge in [-0.2, -0.15) is 0 Å². The fraction of sp³-hybridized carbons (Fsp3) is 0.200. The van der Waals surface area contributed by atoms with Gasteiger partial charge in [0, 0.05) is 36.3 Å². The van der Waals surface area contributed by atoms with E-state index in [1.807, 2.05) is 48.1 Å². The van der Waals surface area contributed by atoms with E-state index in [2.05, 4.69) is 22.1 Å². The van der Waals surface area contributed by atoms with Crippen LogP contribution in [-0.2, 0) is 23.0 Å². The highest BCUT2D eigenvalue weighted by Crippen LogP contribution is 2.31. The third-order valence-corrected chi connectivity index (χ3v) is 5.86. The summed E-state index contributed by atoms with van der Waals surface area (Å²) in [6.07, 6.45) is 6.30. The number of nitrogens with zero attached hydrogens (tertiary/aromatic N) is 3. The molecule has 0 N–H and O–H groups in total. The molecule has 1 aliphatic heterocycles. The molecular weight excluding hydrogens is 346 g/mol. The minimum atomic E-state index is -1.21. The van der Waals surface area contributed by atoms with Crippen LogP contribution in [0.15, 0.2) is 60.0 Å². The SMILES string of the molecule is COc1ccnc(CS(=O)C2=Nc3cc(-n4cccc4)ccc3C2)c1C. The summed E-state index contributed by atoms with van der Waals surface area (Å²) in [7, 11) is 0.417. The van der Waals surface area contributed by atoms with Gasteiger partial charge in [-0.25, -0.2) is 4.99 Å². The quantitative estimate of drug-likeness (QED) is 0.708. The van der Waals surface area contributed by atoms with E-state index in [9.17, 15) is 4.21 Å². The summed E-state index contributed by atoms with van der Waals surface area (Å²) in [5.74, 6) is 1.11. The van der Waals surface area contributed by atoms with Crippen molar-refractivity contribution in [2.45, 2.75) is 19.1 Å². The number of hydrogen-bond donors (Lipinski definition) is 0. The monoisotopic (exact) mass is 365 g/mol. The van der Waals surface area contributed by atoms with Crippen LogP contribution in [-0.4, -0.2) is 25.9 Å². The Bertz CT molecular complexity index is 1010. The highest BCUT2D eigenvalue weighted by Gasteiger charge is 2.21. The second-order valence-corrected chi connectivity index (χ2v) is 7.61. The van der Waals surface area contributed by atoms with Crippen molar-refractivity contribution >= 4 is 21.5 Å². The summed E-state index contributed by atoms with van der Waals surface area (Å²) >= 11 is 0. The average Bonchev–Trinajstić information content (AvgIpc) is 3.32. The number of pyridine rings is 1. The highest BCUT2D eigenvalue weighted by molar-refractivity contribution is 8.00. The van der Waals surface area contributed by atoms with Crippen LogP contribution >= 0.6 is 0 Å². The molecule has 132 valence electrons. The Labute approximate surface area is 154 Å². The topological polar surface area (TPSA) is 56.5 Å². The maximum Gasteiger partial charge on any atom is 0.125 e. The van der Waals surface area contributed by atoms with Crippen molar-refractivity contribution in [3.8, 4) is 11.4 Å². The van der Waals surface area contributed by atoms with Crippen molar-refractivity contribution in [3.05, 3.63) is 71.8 Å². The smallest absolute Gasteiger partial charge is 0.125 e. The first-order valence-electron chi connectivity index (χ1n) is 8.36. The van der Waals surface area contributed by atoms with Crippen LogP contribution < -0.4 is 4.74 Å². The first-order chi connectivity index (χ1) is 12.7. The lowest BCUT2D eigenvalue weighted by Gasteiger charge is -2.09. The molecule has 0 spiro atoms. The minimum absolute atomic E-state index is 0.348. The molecule has 0 saturated heterocycles. The summed E-state index contributed by atoms with van der Waals surface area (Å²) in [5.41, 5.74) is 4.77. The van der Waals surface area contributed by atoms with Gasteiger partial charge in [-0.1, -0.05) is 6.07 Å². The van der Waals surface area contributed by atoms with Crippen LogP contribution in [0.25, 0.3) is 5.69 Å². The van der Waals surface area contributed by atoms with Gasteiger partial charge in [0.1, 0.15) is 10.8 Å². The fourth-order valence-electron chi connectivity index (χ4n) is 3.07. The van der Waals surface area contributed by atoms with E-state index < -0.39 is 10.8 Å². The van der Waals surface area contributed by atoms with Crippen LogP contribution in [0.4, 0.5) is 5.69 Å². The molecule has 2 aromatic heterocycles. The number of rotatable bonds is 4. The van der Waals surface area contributed by atoms with Crippen molar-refractivity contribution in [2.75, 3.05) is 7.11 Å². The van der Waals surface area contributed by atoms with Crippen LogP contribution in [0.3, 0.4) is 0 Å². The first-order valence-corrected chi connectivity index (χ1v) is 9.68. The summed E-state index contributed by atoms with van der Waals surface area (Å²) in [5, 5.41) is 0.702. The molecule has 6 heteroatoms. The van der Waals surface area contributed by atoms with E-state index in [1.165, 1.54) is 0 Å². The van der Waals surface area contributed by atoms with Crippen LogP contribution in [0, 0.1) is 6.92 Å². The predicted octanol–water partition coefficient (Wildman–Crippen LogP) is 3.72. The van der Waals surface area contributed by atoms with Crippen molar-refractivity contribution in [1.29, 1.82) is 0 Å². The number of benzene rings is 1. The summed E-state index contributed by atoms with van der Waals surface area (Å²) in [6, 6.07) is 11.9. The third-order valence-electron chi connectivity index (χ3n) is 4.57. The van der Waals surface area contributed by atoms with E-state index in [-0.39, 0.29) is 0 Å². The molecule has 26 heavy (non-hydrogen) atoms. The Morgan fingerprint density at radius 2 is 2.04 bits per heavy atom. The van der Waals surface area contributed by atoms with Gasteiger partial charge in [0.05, 0.1) is 35.0 Å². The van der Waals surface area contributed by atoms with Gasteiger partial charge in [0.2, 0.25) is 0 Å². The Balaban J connectivity index is 1.57. The second kappa shape index (κ2) is 6.88. The summed E-state index contributed by atoms with van der Waals surface area (Å²) < 4.78 is 20.2. The fourth-order valence-corrected chi connectivity index (χ4v) is 4.30. The molecule has 5 nitrogen and oxygen atoms in total. The minimum Gasteiger partial charge on any atom is -0.496 e. The largest absolute Gasteiger partial charge is 0.496 e. The number of aromatic nitrogens is 2. The maximum atomic E-state index is 12.8. The number of fused-ring (bicyclic) bond motifs is 1. The average molecular weight is 365 g/mol. The standard InChI is InChI=1S/C20H19N3O2S/c1-14-18(21-8-7-19(14)25-2)13-26(24)20-11-15-5-6-16(12-17(15)22-20)23-9-3-4-10-23/h3-10,12H,11,13H2,1-2H3. The van der Waals surface area contributed by atoms with Crippen molar-refractivity contribution in [3.63, 3.8) is 0 Å². The van der Waals surface area contributed by atoms with Gasteiger partial charge >= 0.3 is 0 Å². The molecule has 1 aliphatic rings. The van der Waals surface area contributed by atoms with Crippen LogP contribution in [0.1, 0.15) is 16.8 Å². The first kappa shape index (κ1) is 16.7. The molecule has 0 bridgehead atoms. The number of methoxy groups -OCH3 is 1. The lowest BCUT2D eigenvalue weighted by molar-refractivity contribution is 0.410. The Morgan fingerprint density at radius 3 is 2.81 bits per heavy atom. The van der Waals surface area contributed by atoms with Crippen LogP contribution in [0.5, 0.6) is 5.75 Å². The van der Waals surface area contributed by atoms with Gasteiger partial charge in [-0.15, -0.1) is 0 Å². The molecule has 0 fully saturated rings. The van der Waals surface area contributed by atoms with Crippen molar-refractivity contribution in [1.82, 2.24) is 9.55 Å². The molecular formula is C20H19N3O2S. The number of ether oxygens (including phenoxy) is 1. The van der Waals surface area contributed by atoms with Gasteiger partial charge in [0.15, 0.2) is 0 Å². The third kappa shape index (κ3) is 3.08. The van der Waals surface area contributed by atoms with Crippen LogP contribution in [0.2, 0.25) is 0 Å². The van der Waals surface area contributed by atoms with Crippen molar-refractivity contribution in [2.24, 2.45) is 4.99 Å². The summed E-state index contributed by atoms with van der Waals surface area (Å²) in [4.78, 5) is 9.00. The summed E-state index contributed by atoms with van der Waals surface area (Å²) in [6.45, 7) is 1.94. The zero-order chi connectivity index (χ0) is 18.1.